The van der Waals surface area contributed by atoms with Crippen LogP contribution in [0.3, 0.4) is 0 Å². The van der Waals surface area contributed by atoms with E-state index in [1.807, 2.05) is 51.1 Å². The van der Waals surface area contributed by atoms with Gasteiger partial charge in [-0.05, 0) is 12.1 Å². The predicted octanol–water partition coefficient (Wildman–Crippen LogP) is 4.64. The van der Waals surface area contributed by atoms with E-state index < -0.39 is 0 Å². The highest BCUT2D eigenvalue weighted by molar-refractivity contribution is 5.61. The first-order valence-corrected chi connectivity index (χ1v) is 7.51. The van der Waals surface area contributed by atoms with E-state index in [0.717, 1.165) is 5.56 Å². The van der Waals surface area contributed by atoms with Crippen molar-refractivity contribution in [2.75, 3.05) is 0 Å². The molecule has 0 amide bonds. The maximum Gasteiger partial charge on any atom is 0.163 e. The minimum absolute atomic E-state index is 0.228. The van der Waals surface area contributed by atoms with Crippen LogP contribution in [0.4, 0.5) is 4.39 Å². The fraction of sp³-hybridized carbons (Fsp3) is 0.211. The van der Waals surface area contributed by atoms with Crippen molar-refractivity contribution in [3.63, 3.8) is 0 Å². The van der Waals surface area contributed by atoms with Gasteiger partial charge in [0.15, 0.2) is 11.6 Å². The molecule has 0 bridgehead atoms. The highest BCUT2D eigenvalue weighted by atomic mass is 19.1. The van der Waals surface area contributed by atoms with Gasteiger partial charge in [0.1, 0.15) is 11.6 Å². The third-order valence-electron chi connectivity index (χ3n) is 3.42. The Hall–Kier alpha value is -2.62. The van der Waals surface area contributed by atoms with Crippen molar-refractivity contribution in [3.05, 3.63) is 66.2 Å². The van der Waals surface area contributed by atoms with Crippen LogP contribution in [0.25, 0.3) is 22.8 Å². The fourth-order valence-corrected chi connectivity index (χ4v) is 2.18. The summed E-state index contributed by atoms with van der Waals surface area (Å²) >= 11 is 0. The molecule has 0 unspecified atom stereocenters. The van der Waals surface area contributed by atoms with E-state index in [1.165, 1.54) is 12.1 Å². The van der Waals surface area contributed by atoms with Gasteiger partial charge in [-0.3, -0.25) is 0 Å². The topological polar surface area (TPSA) is 38.7 Å². The summed E-state index contributed by atoms with van der Waals surface area (Å²) in [7, 11) is 0. The molecule has 0 atom stereocenters. The Kier molecular flexibility index (Phi) is 3.90. The monoisotopic (exact) mass is 307 g/mol. The quantitative estimate of drug-likeness (QED) is 0.692. The van der Waals surface area contributed by atoms with Crippen molar-refractivity contribution in [2.24, 2.45) is 0 Å². The second-order valence-corrected chi connectivity index (χ2v) is 6.43. The highest BCUT2D eigenvalue weighted by Gasteiger charge is 2.21. The van der Waals surface area contributed by atoms with Crippen molar-refractivity contribution >= 4 is 0 Å². The van der Waals surface area contributed by atoms with E-state index in [2.05, 4.69) is 15.0 Å². The Morgan fingerprint density at radius 1 is 0.739 bits per heavy atom. The van der Waals surface area contributed by atoms with Crippen LogP contribution in [0.15, 0.2) is 54.6 Å². The van der Waals surface area contributed by atoms with Crippen LogP contribution in [0.1, 0.15) is 26.6 Å². The van der Waals surface area contributed by atoms with Gasteiger partial charge < -0.3 is 0 Å². The minimum atomic E-state index is -0.304. The first-order valence-electron chi connectivity index (χ1n) is 7.51. The van der Waals surface area contributed by atoms with Crippen LogP contribution in [-0.2, 0) is 5.41 Å². The summed E-state index contributed by atoms with van der Waals surface area (Å²) in [5.41, 5.74) is 1.34. The van der Waals surface area contributed by atoms with Crippen molar-refractivity contribution in [1.82, 2.24) is 15.0 Å². The van der Waals surface area contributed by atoms with E-state index in [1.54, 1.807) is 12.1 Å². The summed E-state index contributed by atoms with van der Waals surface area (Å²) < 4.78 is 13.5. The molecule has 0 saturated carbocycles. The van der Waals surface area contributed by atoms with E-state index in [0.29, 0.717) is 23.0 Å². The molecule has 3 rings (SSSR count). The number of nitrogens with zero attached hydrogens (tertiary/aromatic N) is 3. The van der Waals surface area contributed by atoms with Gasteiger partial charge in [-0.1, -0.05) is 63.2 Å². The summed E-state index contributed by atoms with van der Waals surface area (Å²) in [5.74, 6) is 1.47. The minimum Gasteiger partial charge on any atom is -0.212 e. The second kappa shape index (κ2) is 5.88. The van der Waals surface area contributed by atoms with Gasteiger partial charge in [0, 0.05) is 16.5 Å². The number of hydrogen-bond donors (Lipinski definition) is 0. The van der Waals surface area contributed by atoms with Gasteiger partial charge >= 0.3 is 0 Å². The Bertz CT molecular complexity index is 824. The molecular formula is C19H18FN3. The zero-order chi connectivity index (χ0) is 16.4. The molecule has 0 spiro atoms. The van der Waals surface area contributed by atoms with Crippen molar-refractivity contribution < 1.29 is 4.39 Å². The van der Waals surface area contributed by atoms with E-state index in [-0.39, 0.29) is 11.2 Å². The number of aromatic nitrogens is 3. The average Bonchev–Trinajstić information content (AvgIpc) is 2.54. The number of rotatable bonds is 2. The van der Waals surface area contributed by atoms with E-state index >= 15 is 0 Å². The van der Waals surface area contributed by atoms with Gasteiger partial charge in [0.2, 0.25) is 0 Å². The smallest absolute Gasteiger partial charge is 0.163 e. The Morgan fingerprint density at radius 3 is 1.96 bits per heavy atom. The first kappa shape index (κ1) is 15.3. The van der Waals surface area contributed by atoms with Crippen LogP contribution >= 0.6 is 0 Å². The van der Waals surface area contributed by atoms with Gasteiger partial charge in [0.25, 0.3) is 0 Å². The predicted molar refractivity (Wildman–Crippen MR) is 89.4 cm³/mol. The molecule has 0 N–H and O–H groups in total. The van der Waals surface area contributed by atoms with Crippen LogP contribution in [0.5, 0.6) is 0 Å². The Balaban J connectivity index is 2.20. The molecule has 116 valence electrons. The summed E-state index contributed by atoms with van der Waals surface area (Å²) in [6, 6.07) is 16.1. The van der Waals surface area contributed by atoms with Crippen molar-refractivity contribution in [1.29, 1.82) is 0 Å². The largest absolute Gasteiger partial charge is 0.212 e. The molecule has 0 fully saturated rings. The lowest BCUT2D eigenvalue weighted by Crippen LogP contribution is -2.18. The maximum atomic E-state index is 13.5. The summed E-state index contributed by atoms with van der Waals surface area (Å²) in [6.45, 7) is 6.14. The molecule has 0 aliphatic rings. The molecule has 0 aliphatic carbocycles. The van der Waals surface area contributed by atoms with Crippen LogP contribution in [0.2, 0.25) is 0 Å². The average molecular weight is 307 g/mol. The number of hydrogen-bond acceptors (Lipinski definition) is 3. The zero-order valence-electron chi connectivity index (χ0n) is 13.4. The molecule has 3 nitrogen and oxygen atoms in total. The lowest BCUT2D eigenvalue weighted by Gasteiger charge is -2.18. The zero-order valence-corrected chi connectivity index (χ0v) is 13.4. The normalized spacial score (nSPS) is 11.5. The molecular weight excluding hydrogens is 289 g/mol. The summed E-state index contributed by atoms with van der Waals surface area (Å²) in [6.07, 6.45) is 0. The lowest BCUT2D eigenvalue weighted by atomic mass is 9.95. The third-order valence-corrected chi connectivity index (χ3v) is 3.42. The first-order chi connectivity index (χ1) is 10.9. The molecule has 0 aliphatic heterocycles. The molecule has 3 aromatic rings. The standard InChI is InChI=1S/C19H18FN3/c1-19(2,3)18-22-16(13-8-5-4-6-9-13)21-17(23-18)14-10-7-11-15(20)12-14/h4-12H,1-3H3. The molecule has 0 radical (unpaired) electrons. The Labute approximate surface area is 135 Å². The number of benzene rings is 2. The van der Waals surface area contributed by atoms with Crippen molar-refractivity contribution in [2.45, 2.75) is 26.2 Å². The van der Waals surface area contributed by atoms with Crippen LogP contribution in [-0.4, -0.2) is 15.0 Å². The van der Waals surface area contributed by atoms with Crippen LogP contribution < -0.4 is 0 Å². The molecule has 1 heterocycles. The molecule has 1 aromatic heterocycles. The van der Waals surface area contributed by atoms with Crippen molar-refractivity contribution in [3.8, 4) is 22.8 Å². The van der Waals surface area contributed by atoms with E-state index in [9.17, 15) is 4.39 Å². The van der Waals surface area contributed by atoms with Crippen LogP contribution in [0, 0.1) is 5.82 Å². The van der Waals surface area contributed by atoms with Gasteiger partial charge in [-0.25, -0.2) is 19.3 Å². The second-order valence-electron chi connectivity index (χ2n) is 6.43. The number of halogens is 1. The third kappa shape index (κ3) is 3.42. The summed E-state index contributed by atoms with van der Waals surface area (Å²) in [5, 5.41) is 0. The van der Waals surface area contributed by atoms with Gasteiger partial charge in [-0.15, -0.1) is 0 Å². The molecule has 23 heavy (non-hydrogen) atoms. The molecule has 2 aromatic carbocycles. The van der Waals surface area contributed by atoms with Gasteiger partial charge in [0.05, 0.1) is 0 Å². The fourth-order valence-electron chi connectivity index (χ4n) is 2.18. The molecule has 4 heteroatoms. The Morgan fingerprint density at radius 2 is 1.35 bits per heavy atom. The molecule has 0 saturated heterocycles. The maximum absolute atomic E-state index is 13.5. The van der Waals surface area contributed by atoms with E-state index in [4.69, 9.17) is 0 Å². The van der Waals surface area contributed by atoms with Gasteiger partial charge in [-0.2, -0.15) is 0 Å². The lowest BCUT2D eigenvalue weighted by molar-refractivity contribution is 0.543. The summed E-state index contributed by atoms with van der Waals surface area (Å²) in [4.78, 5) is 13.7. The SMILES string of the molecule is CC(C)(C)c1nc(-c2ccccc2)nc(-c2cccc(F)c2)n1. The highest BCUT2D eigenvalue weighted by Crippen LogP contribution is 2.25.